The van der Waals surface area contributed by atoms with E-state index in [9.17, 15) is 13.2 Å². The zero-order chi connectivity index (χ0) is 21.6. The van der Waals surface area contributed by atoms with Crippen LogP contribution >= 0.6 is 0 Å². The highest BCUT2D eigenvalue weighted by atomic mass is 19.4. The first-order valence-electron chi connectivity index (χ1n) is 10.2. The first kappa shape index (κ1) is 20.2. The standard InChI is InChI=1S/C19H22F3N7O2/c20-19(21,22)14-7-15(23)24-8-13(14)16-25-17(28-3-5-30-6-4-28)27-18(26-16)29-9-11-1-2-12(10-29)31-11/h7-8,11-12H,1-6,9-10H2,(H2,23,24). The Morgan fingerprint density at radius 2 is 1.61 bits per heavy atom. The van der Waals surface area contributed by atoms with Crippen LogP contribution in [0.15, 0.2) is 12.3 Å². The molecule has 2 atom stereocenters. The molecule has 3 saturated heterocycles. The van der Waals surface area contributed by atoms with Gasteiger partial charge in [0.15, 0.2) is 5.82 Å². The molecule has 5 rings (SSSR count). The van der Waals surface area contributed by atoms with Crippen molar-refractivity contribution in [2.45, 2.75) is 31.2 Å². The van der Waals surface area contributed by atoms with Gasteiger partial charge in [0.1, 0.15) is 5.82 Å². The molecule has 9 nitrogen and oxygen atoms in total. The molecule has 3 fully saturated rings. The minimum Gasteiger partial charge on any atom is -0.384 e. The summed E-state index contributed by atoms with van der Waals surface area (Å²) in [5.41, 5.74) is 4.38. The average molecular weight is 437 g/mol. The molecular weight excluding hydrogens is 415 g/mol. The number of nitrogens with zero attached hydrogens (tertiary/aromatic N) is 6. The molecule has 2 aromatic rings. The van der Waals surface area contributed by atoms with Crippen LogP contribution in [0.5, 0.6) is 0 Å². The van der Waals surface area contributed by atoms with E-state index in [4.69, 9.17) is 15.2 Å². The van der Waals surface area contributed by atoms with E-state index in [2.05, 4.69) is 19.9 Å². The number of nitrogens with two attached hydrogens (primary N) is 1. The van der Waals surface area contributed by atoms with Crippen molar-refractivity contribution in [3.05, 3.63) is 17.8 Å². The van der Waals surface area contributed by atoms with Crippen LogP contribution in [0.3, 0.4) is 0 Å². The molecule has 12 heteroatoms. The number of hydrogen-bond acceptors (Lipinski definition) is 9. The Hall–Kier alpha value is -2.73. The number of aromatic nitrogens is 4. The summed E-state index contributed by atoms with van der Waals surface area (Å²) in [6.07, 6.45) is -1.49. The normalized spacial score (nSPS) is 24.0. The number of pyridine rings is 1. The molecule has 2 aromatic heterocycles. The smallest absolute Gasteiger partial charge is 0.384 e. The van der Waals surface area contributed by atoms with Crippen LogP contribution in [0.1, 0.15) is 18.4 Å². The first-order valence-corrected chi connectivity index (χ1v) is 10.2. The van der Waals surface area contributed by atoms with Crippen molar-refractivity contribution in [2.75, 3.05) is 54.9 Å². The lowest BCUT2D eigenvalue weighted by Gasteiger charge is -2.33. The molecule has 0 saturated carbocycles. The summed E-state index contributed by atoms with van der Waals surface area (Å²) in [5, 5.41) is 0. The fraction of sp³-hybridized carbons (Fsp3) is 0.579. The van der Waals surface area contributed by atoms with Gasteiger partial charge in [0.2, 0.25) is 11.9 Å². The van der Waals surface area contributed by atoms with Gasteiger partial charge in [-0.3, -0.25) is 0 Å². The van der Waals surface area contributed by atoms with Crippen molar-refractivity contribution >= 4 is 17.7 Å². The van der Waals surface area contributed by atoms with Crippen molar-refractivity contribution in [2.24, 2.45) is 0 Å². The van der Waals surface area contributed by atoms with Crippen molar-refractivity contribution < 1.29 is 22.6 Å². The van der Waals surface area contributed by atoms with Gasteiger partial charge in [-0.1, -0.05) is 0 Å². The highest BCUT2D eigenvalue weighted by molar-refractivity contribution is 5.64. The quantitative estimate of drug-likeness (QED) is 0.769. The summed E-state index contributed by atoms with van der Waals surface area (Å²) in [7, 11) is 0. The number of morpholine rings is 2. The second-order valence-corrected chi connectivity index (χ2v) is 7.87. The van der Waals surface area contributed by atoms with E-state index in [0.29, 0.717) is 51.3 Å². The maximum absolute atomic E-state index is 13.7. The van der Waals surface area contributed by atoms with Gasteiger partial charge in [-0.25, -0.2) is 4.98 Å². The average Bonchev–Trinajstić information content (AvgIpc) is 3.10. The molecule has 2 unspecified atom stereocenters. The molecule has 0 aromatic carbocycles. The molecule has 166 valence electrons. The van der Waals surface area contributed by atoms with Crippen molar-refractivity contribution in [3.8, 4) is 11.4 Å². The van der Waals surface area contributed by atoms with E-state index < -0.39 is 11.7 Å². The second kappa shape index (κ2) is 7.75. The Kier molecular flexibility index (Phi) is 5.05. The maximum Gasteiger partial charge on any atom is 0.417 e. The van der Waals surface area contributed by atoms with Gasteiger partial charge in [0.05, 0.1) is 36.5 Å². The molecule has 0 radical (unpaired) electrons. The van der Waals surface area contributed by atoms with Crippen molar-refractivity contribution in [3.63, 3.8) is 0 Å². The highest BCUT2D eigenvalue weighted by Crippen LogP contribution is 2.37. The molecular formula is C19H22F3N7O2. The van der Waals surface area contributed by atoms with Crippen LogP contribution < -0.4 is 15.5 Å². The Bertz CT molecular complexity index is 956. The third kappa shape index (κ3) is 4.09. The first-order chi connectivity index (χ1) is 14.9. The summed E-state index contributed by atoms with van der Waals surface area (Å²) >= 11 is 0. The van der Waals surface area contributed by atoms with E-state index in [1.807, 2.05) is 9.80 Å². The highest BCUT2D eigenvalue weighted by Gasteiger charge is 2.37. The largest absolute Gasteiger partial charge is 0.417 e. The van der Waals surface area contributed by atoms with Gasteiger partial charge in [0.25, 0.3) is 0 Å². The van der Waals surface area contributed by atoms with Gasteiger partial charge in [-0.2, -0.15) is 28.1 Å². The molecule has 3 aliphatic heterocycles. The summed E-state index contributed by atoms with van der Waals surface area (Å²) in [6, 6.07) is 0.808. The maximum atomic E-state index is 13.7. The number of fused-ring (bicyclic) bond motifs is 2. The SMILES string of the molecule is Nc1cc(C(F)(F)F)c(-c2nc(N3CCOCC3)nc(N3CC4CCC(C3)O4)n2)cn1. The molecule has 5 heterocycles. The Balaban J connectivity index is 1.60. The zero-order valence-electron chi connectivity index (χ0n) is 16.7. The molecule has 2 N–H and O–H groups in total. The monoisotopic (exact) mass is 437 g/mol. The van der Waals surface area contributed by atoms with Crippen LogP contribution in [-0.4, -0.2) is 71.5 Å². The number of rotatable bonds is 3. The van der Waals surface area contributed by atoms with Crippen LogP contribution in [0, 0.1) is 0 Å². The Morgan fingerprint density at radius 1 is 0.968 bits per heavy atom. The van der Waals surface area contributed by atoms with Crippen molar-refractivity contribution in [1.82, 2.24) is 19.9 Å². The summed E-state index contributed by atoms with van der Waals surface area (Å²) in [4.78, 5) is 21.1. The molecule has 0 aliphatic carbocycles. The van der Waals surface area contributed by atoms with Crippen LogP contribution in [0.4, 0.5) is 30.9 Å². The molecule has 31 heavy (non-hydrogen) atoms. The van der Waals surface area contributed by atoms with Crippen LogP contribution in [0.2, 0.25) is 0 Å². The molecule has 0 amide bonds. The topological polar surface area (TPSA) is 103 Å². The van der Waals surface area contributed by atoms with E-state index in [-0.39, 0.29) is 29.4 Å². The number of anilines is 3. The number of hydrogen-bond donors (Lipinski definition) is 1. The van der Waals surface area contributed by atoms with Gasteiger partial charge in [-0.05, 0) is 18.9 Å². The van der Waals surface area contributed by atoms with Crippen LogP contribution in [-0.2, 0) is 15.7 Å². The van der Waals surface area contributed by atoms with Crippen molar-refractivity contribution in [1.29, 1.82) is 0 Å². The molecule has 2 bridgehead atoms. The minimum absolute atomic E-state index is 0.0785. The minimum atomic E-state index is -4.63. The Morgan fingerprint density at radius 3 is 2.26 bits per heavy atom. The predicted octanol–water partition coefficient (Wildman–Crippen LogP) is 1.74. The number of nitrogen functional groups attached to an aromatic ring is 1. The Labute approximate surface area is 176 Å². The number of alkyl halides is 3. The van der Waals surface area contributed by atoms with Gasteiger partial charge in [0, 0.05) is 32.4 Å². The van der Waals surface area contributed by atoms with E-state index >= 15 is 0 Å². The van der Waals surface area contributed by atoms with E-state index in [1.165, 1.54) is 0 Å². The lowest BCUT2D eigenvalue weighted by molar-refractivity contribution is -0.137. The fourth-order valence-corrected chi connectivity index (χ4v) is 4.18. The predicted molar refractivity (Wildman–Crippen MR) is 106 cm³/mol. The van der Waals surface area contributed by atoms with Gasteiger partial charge in [-0.15, -0.1) is 0 Å². The number of ether oxygens (including phenoxy) is 2. The molecule has 0 spiro atoms. The third-order valence-electron chi connectivity index (χ3n) is 5.70. The summed E-state index contributed by atoms with van der Waals surface area (Å²) < 4.78 is 52.4. The zero-order valence-corrected chi connectivity index (χ0v) is 16.7. The van der Waals surface area contributed by atoms with Gasteiger partial charge < -0.3 is 25.0 Å². The van der Waals surface area contributed by atoms with Crippen LogP contribution in [0.25, 0.3) is 11.4 Å². The fourth-order valence-electron chi connectivity index (χ4n) is 4.18. The second-order valence-electron chi connectivity index (χ2n) is 7.87. The summed E-state index contributed by atoms with van der Waals surface area (Å²) in [5.74, 6) is 0.373. The van der Waals surface area contributed by atoms with Gasteiger partial charge >= 0.3 is 6.18 Å². The lowest BCUT2D eigenvalue weighted by Crippen LogP contribution is -2.44. The van der Waals surface area contributed by atoms with E-state index in [0.717, 1.165) is 25.1 Å². The third-order valence-corrected chi connectivity index (χ3v) is 5.70. The lowest BCUT2D eigenvalue weighted by atomic mass is 10.1. The number of halogens is 3. The molecule has 3 aliphatic rings. The van der Waals surface area contributed by atoms with E-state index in [1.54, 1.807) is 0 Å². The summed E-state index contributed by atoms with van der Waals surface area (Å²) in [6.45, 7) is 3.26.